The second-order valence-corrected chi connectivity index (χ2v) is 6.79. The summed E-state index contributed by atoms with van der Waals surface area (Å²) in [5.41, 5.74) is 0. The van der Waals surface area contributed by atoms with Gasteiger partial charge in [0.1, 0.15) is 0 Å². The number of methoxy groups -OCH3 is 1. The molecule has 0 saturated carbocycles. The molecule has 2 nitrogen and oxygen atoms in total. The van der Waals surface area contributed by atoms with Crippen molar-refractivity contribution in [1.82, 2.24) is 0 Å². The number of rotatable bonds is 14. The van der Waals surface area contributed by atoms with Gasteiger partial charge in [-0.15, -0.1) is 0 Å². The fraction of sp³-hybridized carbons (Fsp3) is 0.947. The summed E-state index contributed by atoms with van der Waals surface area (Å²) >= 11 is 0. The maximum Gasteiger partial charge on any atom is 0.305 e. The first kappa shape index (κ1) is 20.5. The van der Waals surface area contributed by atoms with E-state index < -0.39 is 0 Å². The molecule has 126 valence electrons. The maximum atomic E-state index is 11.0. The summed E-state index contributed by atoms with van der Waals surface area (Å²) in [6.07, 6.45) is 15.1. The van der Waals surface area contributed by atoms with Crippen LogP contribution in [0.25, 0.3) is 0 Å². The van der Waals surface area contributed by atoms with Crippen LogP contribution in [-0.4, -0.2) is 13.1 Å². The van der Waals surface area contributed by atoms with Crippen LogP contribution < -0.4 is 0 Å². The Kier molecular flexibility index (Phi) is 14.0. The number of ether oxygens (including phenoxy) is 1. The summed E-state index contributed by atoms with van der Waals surface area (Å²) < 4.78 is 4.65. The van der Waals surface area contributed by atoms with Gasteiger partial charge in [0.2, 0.25) is 0 Å². The van der Waals surface area contributed by atoms with Gasteiger partial charge in [0.05, 0.1) is 7.11 Å². The van der Waals surface area contributed by atoms with Crippen molar-refractivity contribution in [1.29, 1.82) is 0 Å². The molecule has 2 atom stereocenters. The van der Waals surface area contributed by atoms with Crippen molar-refractivity contribution in [2.45, 2.75) is 97.8 Å². The molecule has 0 aromatic carbocycles. The van der Waals surface area contributed by atoms with Crippen molar-refractivity contribution in [2.24, 2.45) is 11.8 Å². The molecule has 0 N–H and O–H groups in total. The highest BCUT2D eigenvalue weighted by Crippen LogP contribution is 2.18. The van der Waals surface area contributed by atoms with Gasteiger partial charge in [-0.2, -0.15) is 0 Å². The molecule has 0 aromatic heterocycles. The van der Waals surface area contributed by atoms with Gasteiger partial charge in [-0.05, 0) is 18.3 Å². The summed E-state index contributed by atoms with van der Waals surface area (Å²) in [6.45, 7) is 7.00. The van der Waals surface area contributed by atoms with Crippen LogP contribution in [-0.2, 0) is 9.53 Å². The highest BCUT2D eigenvalue weighted by Gasteiger charge is 2.04. The average molecular weight is 299 g/mol. The van der Waals surface area contributed by atoms with Crippen LogP contribution in [0, 0.1) is 11.8 Å². The third-order valence-corrected chi connectivity index (χ3v) is 4.65. The lowest BCUT2D eigenvalue weighted by atomic mass is 9.95. The van der Waals surface area contributed by atoms with Gasteiger partial charge in [0.15, 0.2) is 0 Å². The Balaban J connectivity index is 3.26. The van der Waals surface area contributed by atoms with Crippen molar-refractivity contribution >= 4 is 5.97 Å². The number of unbranched alkanes of at least 4 members (excludes halogenated alkanes) is 5. The van der Waals surface area contributed by atoms with Gasteiger partial charge in [0, 0.05) is 6.42 Å². The zero-order valence-electron chi connectivity index (χ0n) is 15.0. The molecular formula is C19H38O2. The number of esters is 1. The first-order valence-electron chi connectivity index (χ1n) is 9.16. The molecule has 0 amide bonds. The van der Waals surface area contributed by atoms with Crippen LogP contribution in [0.5, 0.6) is 0 Å². The van der Waals surface area contributed by atoms with Gasteiger partial charge >= 0.3 is 5.97 Å². The van der Waals surface area contributed by atoms with E-state index in [1.54, 1.807) is 0 Å². The zero-order chi connectivity index (χ0) is 15.9. The van der Waals surface area contributed by atoms with Crippen LogP contribution in [0.15, 0.2) is 0 Å². The number of hydrogen-bond donors (Lipinski definition) is 0. The molecule has 21 heavy (non-hydrogen) atoms. The molecule has 0 rings (SSSR count). The Bertz CT molecular complexity index is 238. The topological polar surface area (TPSA) is 26.3 Å². The van der Waals surface area contributed by atoms with Crippen molar-refractivity contribution in [3.8, 4) is 0 Å². The molecule has 0 bridgehead atoms. The minimum Gasteiger partial charge on any atom is -0.469 e. The van der Waals surface area contributed by atoms with E-state index in [0.29, 0.717) is 6.42 Å². The Morgan fingerprint density at radius 3 is 1.81 bits per heavy atom. The van der Waals surface area contributed by atoms with Crippen LogP contribution in [0.2, 0.25) is 0 Å². The summed E-state index contributed by atoms with van der Waals surface area (Å²) in [5.74, 6) is 1.65. The fourth-order valence-electron chi connectivity index (χ4n) is 2.73. The van der Waals surface area contributed by atoms with Crippen LogP contribution in [0.3, 0.4) is 0 Å². The van der Waals surface area contributed by atoms with E-state index in [4.69, 9.17) is 0 Å². The van der Waals surface area contributed by atoms with Gasteiger partial charge in [-0.3, -0.25) is 4.79 Å². The van der Waals surface area contributed by atoms with E-state index >= 15 is 0 Å². The van der Waals surface area contributed by atoms with E-state index in [2.05, 4.69) is 25.5 Å². The molecule has 0 aliphatic rings. The van der Waals surface area contributed by atoms with Gasteiger partial charge < -0.3 is 4.74 Å². The third kappa shape index (κ3) is 14.2. The zero-order valence-corrected chi connectivity index (χ0v) is 15.0. The van der Waals surface area contributed by atoms with Gasteiger partial charge in [0.25, 0.3) is 0 Å². The number of carbonyl (C=O) groups is 1. The lowest BCUT2D eigenvalue weighted by Crippen LogP contribution is -2.00. The van der Waals surface area contributed by atoms with Crippen LogP contribution >= 0.6 is 0 Å². The predicted octanol–water partition coefficient (Wildman–Crippen LogP) is 6.13. The summed E-state index contributed by atoms with van der Waals surface area (Å²) in [4.78, 5) is 11.0. The smallest absolute Gasteiger partial charge is 0.305 e. The third-order valence-electron chi connectivity index (χ3n) is 4.65. The molecule has 2 unspecified atom stereocenters. The molecule has 0 aliphatic heterocycles. The Labute approximate surface area is 133 Å². The van der Waals surface area contributed by atoms with Crippen molar-refractivity contribution < 1.29 is 9.53 Å². The fourth-order valence-corrected chi connectivity index (χ4v) is 2.73. The number of carbonyl (C=O) groups excluding carboxylic acids is 1. The summed E-state index contributed by atoms with van der Waals surface area (Å²) in [7, 11) is 1.47. The molecule has 0 heterocycles. The Morgan fingerprint density at radius 2 is 1.29 bits per heavy atom. The monoisotopic (exact) mass is 298 g/mol. The van der Waals surface area contributed by atoms with Crippen LogP contribution in [0.4, 0.5) is 0 Å². The van der Waals surface area contributed by atoms with E-state index in [1.165, 1.54) is 64.9 Å². The van der Waals surface area contributed by atoms with E-state index in [0.717, 1.165) is 24.7 Å². The van der Waals surface area contributed by atoms with Gasteiger partial charge in [-0.1, -0.05) is 85.0 Å². The standard InChI is InChI=1S/C19H38O2/c1-5-17(2)13-9-7-6-8-10-14-18(3)15-11-12-16-19(20)21-4/h17-18H,5-16H2,1-4H3. The largest absolute Gasteiger partial charge is 0.469 e. The molecule has 2 heteroatoms. The summed E-state index contributed by atoms with van der Waals surface area (Å²) in [6, 6.07) is 0. The lowest BCUT2D eigenvalue weighted by molar-refractivity contribution is -0.140. The normalized spacial score (nSPS) is 13.9. The average Bonchev–Trinajstić information content (AvgIpc) is 2.49. The number of hydrogen-bond acceptors (Lipinski definition) is 2. The van der Waals surface area contributed by atoms with Crippen LogP contribution in [0.1, 0.15) is 97.8 Å². The van der Waals surface area contributed by atoms with Gasteiger partial charge in [-0.25, -0.2) is 0 Å². The Morgan fingerprint density at radius 1 is 0.810 bits per heavy atom. The molecule has 0 aromatic rings. The molecule has 0 spiro atoms. The highest BCUT2D eigenvalue weighted by molar-refractivity contribution is 5.68. The quantitative estimate of drug-likeness (QED) is 0.285. The first-order chi connectivity index (χ1) is 10.1. The van der Waals surface area contributed by atoms with E-state index in [1.807, 2.05) is 0 Å². The minimum atomic E-state index is -0.0694. The Hall–Kier alpha value is -0.530. The van der Waals surface area contributed by atoms with Crippen molar-refractivity contribution in [3.05, 3.63) is 0 Å². The highest BCUT2D eigenvalue weighted by atomic mass is 16.5. The SMILES string of the molecule is CCC(C)CCCCCCCC(C)CCCCC(=O)OC. The van der Waals surface area contributed by atoms with Crippen molar-refractivity contribution in [3.63, 3.8) is 0 Å². The lowest BCUT2D eigenvalue weighted by Gasteiger charge is -2.11. The van der Waals surface area contributed by atoms with E-state index in [-0.39, 0.29) is 5.97 Å². The molecular weight excluding hydrogens is 260 g/mol. The molecule has 0 aliphatic carbocycles. The second-order valence-electron chi connectivity index (χ2n) is 6.79. The molecule has 0 saturated heterocycles. The second kappa shape index (κ2) is 14.4. The molecule has 0 fully saturated rings. The molecule has 0 radical (unpaired) electrons. The predicted molar refractivity (Wildman–Crippen MR) is 91.4 cm³/mol. The van der Waals surface area contributed by atoms with Crippen molar-refractivity contribution in [2.75, 3.05) is 7.11 Å². The van der Waals surface area contributed by atoms with E-state index in [9.17, 15) is 4.79 Å². The first-order valence-corrected chi connectivity index (χ1v) is 9.16. The maximum absolute atomic E-state index is 11.0. The summed E-state index contributed by atoms with van der Waals surface area (Å²) in [5, 5.41) is 0. The minimum absolute atomic E-state index is 0.0694.